The van der Waals surface area contributed by atoms with E-state index in [9.17, 15) is 4.79 Å². The van der Waals surface area contributed by atoms with Gasteiger partial charge in [-0.15, -0.1) is 0 Å². The average molecular weight is 381 g/mol. The van der Waals surface area contributed by atoms with Crippen molar-refractivity contribution >= 4 is 11.7 Å². The monoisotopic (exact) mass is 380 g/mol. The number of benzene rings is 1. The highest BCUT2D eigenvalue weighted by molar-refractivity contribution is 5.94. The lowest BCUT2D eigenvalue weighted by Crippen LogP contribution is -2.49. The van der Waals surface area contributed by atoms with Gasteiger partial charge in [0.25, 0.3) is 5.91 Å². The second-order valence-corrected chi connectivity index (χ2v) is 8.99. The second-order valence-electron chi connectivity index (χ2n) is 8.99. The lowest BCUT2D eigenvalue weighted by atomic mass is 9.86. The number of hydrogen-bond donors (Lipinski definition) is 0. The van der Waals surface area contributed by atoms with Crippen molar-refractivity contribution in [2.45, 2.75) is 52.9 Å². The molecule has 1 aromatic carbocycles. The van der Waals surface area contributed by atoms with E-state index in [4.69, 9.17) is 4.98 Å². The highest BCUT2D eigenvalue weighted by atomic mass is 16.2. The van der Waals surface area contributed by atoms with Crippen molar-refractivity contribution in [3.8, 4) is 0 Å². The molecule has 1 fully saturated rings. The zero-order chi connectivity index (χ0) is 20.5. The summed E-state index contributed by atoms with van der Waals surface area (Å²) in [6, 6.07) is 10.1. The van der Waals surface area contributed by atoms with Crippen molar-refractivity contribution in [2.24, 2.45) is 0 Å². The van der Waals surface area contributed by atoms with Crippen LogP contribution in [0.4, 0.5) is 5.82 Å². The first-order valence-corrected chi connectivity index (χ1v) is 10.2. The van der Waals surface area contributed by atoms with Crippen LogP contribution >= 0.6 is 0 Å². The Labute approximate surface area is 168 Å². The molecular weight excluding hydrogens is 348 g/mol. The number of amides is 1. The Bertz CT molecular complexity index is 829. The van der Waals surface area contributed by atoms with Crippen LogP contribution in [0.1, 0.15) is 68.0 Å². The van der Waals surface area contributed by atoms with Gasteiger partial charge in [-0.2, -0.15) is 0 Å². The number of rotatable bonds is 3. The molecule has 1 aliphatic heterocycles. The number of carbonyl (C=O) groups is 1. The maximum absolute atomic E-state index is 12.9. The first-order chi connectivity index (χ1) is 13.1. The number of piperazine rings is 1. The zero-order valence-electron chi connectivity index (χ0n) is 18.0. The fourth-order valence-corrected chi connectivity index (χ4v) is 3.43. The number of hydrogen-bond acceptors (Lipinski definition) is 4. The Morgan fingerprint density at radius 1 is 1.00 bits per heavy atom. The molecule has 5 heteroatoms. The Morgan fingerprint density at radius 3 is 2.14 bits per heavy atom. The van der Waals surface area contributed by atoms with Crippen molar-refractivity contribution in [3.05, 3.63) is 53.0 Å². The van der Waals surface area contributed by atoms with Gasteiger partial charge in [0.05, 0.1) is 0 Å². The van der Waals surface area contributed by atoms with Gasteiger partial charge < -0.3 is 9.80 Å². The van der Waals surface area contributed by atoms with E-state index >= 15 is 0 Å². The minimum absolute atomic E-state index is 0.0950. The lowest BCUT2D eigenvalue weighted by molar-refractivity contribution is 0.0746. The molecule has 2 aromatic rings. The minimum Gasteiger partial charge on any atom is -0.353 e. The van der Waals surface area contributed by atoms with Gasteiger partial charge in [0.15, 0.2) is 0 Å². The Hall–Kier alpha value is -2.43. The van der Waals surface area contributed by atoms with Crippen LogP contribution in [0.5, 0.6) is 0 Å². The van der Waals surface area contributed by atoms with Crippen LogP contribution in [-0.4, -0.2) is 47.0 Å². The summed E-state index contributed by atoms with van der Waals surface area (Å²) >= 11 is 0. The van der Waals surface area contributed by atoms with E-state index < -0.39 is 0 Å². The molecule has 5 nitrogen and oxygen atoms in total. The second kappa shape index (κ2) is 7.90. The molecule has 1 amide bonds. The van der Waals surface area contributed by atoms with Crippen LogP contribution in [0.2, 0.25) is 0 Å². The van der Waals surface area contributed by atoms with Gasteiger partial charge in [0.2, 0.25) is 0 Å². The number of aryl methyl sites for hydroxylation is 1. The number of carbonyl (C=O) groups excluding carboxylic acids is 1. The quantitative estimate of drug-likeness (QED) is 0.802. The fraction of sp³-hybridized carbons (Fsp3) is 0.522. The molecule has 0 unspecified atom stereocenters. The molecular formula is C23H32N4O. The number of aromatic nitrogens is 2. The summed E-state index contributed by atoms with van der Waals surface area (Å²) in [5.41, 5.74) is 3.10. The summed E-state index contributed by atoms with van der Waals surface area (Å²) in [6.45, 7) is 15.8. The predicted octanol–water partition coefficient (Wildman–Crippen LogP) is 4.17. The minimum atomic E-state index is 0.0950. The summed E-state index contributed by atoms with van der Waals surface area (Å²) in [7, 11) is 0. The first kappa shape index (κ1) is 20.3. The Balaban J connectivity index is 1.66. The SMILES string of the molecule is Cc1cc(N2CCN(C(=O)c3ccc(C(C)(C)C)cc3)CC2)nc(C(C)C)n1. The summed E-state index contributed by atoms with van der Waals surface area (Å²) in [6.07, 6.45) is 0. The molecule has 0 saturated carbocycles. The van der Waals surface area contributed by atoms with E-state index in [2.05, 4.69) is 56.6 Å². The maximum atomic E-state index is 12.9. The third-order valence-electron chi connectivity index (χ3n) is 5.26. The Morgan fingerprint density at radius 2 is 1.61 bits per heavy atom. The van der Waals surface area contributed by atoms with Gasteiger partial charge >= 0.3 is 0 Å². The molecule has 0 N–H and O–H groups in total. The normalized spacial score (nSPS) is 15.2. The van der Waals surface area contributed by atoms with Gasteiger partial charge in [-0.05, 0) is 30.0 Å². The maximum Gasteiger partial charge on any atom is 0.253 e. The highest BCUT2D eigenvalue weighted by Gasteiger charge is 2.24. The van der Waals surface area contributed by atoms with E-state index in [-0.39, 0.29) is 11.3 Å². The molecule has 2 heterocycles. The standard InChI is InChI=1S/C23H32N4O/c1-16(2)21-24-17(3)15-20(25-21)26-11-13-27(14-12-26)22(28)18-7-9-19(10-8-18)23(4,5)6/h7-10,15-16H,11-14H2,1-6H3. The molecule has 0 aliphatic carbocycles. The molecule has 0 spiro atoms. The van der Waals surface area contributed by atoms with Crippen LogP contribution in [0, 0.1) is 6.92 Å². The van der Waals surface area contributed by atoms with Crippen molar-refractivity contribution in [1.29, 1.82) is 0 Å². The molecule has 1 aromatic heterocycles. The highest BCUT2D eigenvalue weighted by Crippen LogP contribution is 2.23. The Kier molecular flexibility index (Phi) is 5.73. The van der Waals surface area contributed by atoms with Gasteiger partial charge in [-0.25, -0.2) is 9.97 Å². The van der Waals surface area contributed by atoms with E-state index in [0.29, 0.717) is 19.0 Å². The van der Waals surface area contributed by atoms with Gasteiger partial charge in [0.1, 0.15) is 11.6 Å². The van der Waals surface area contributed by atoms with Crippen LogP contribution in [0.15, 0.2) is 30.3 Å². The van der Waals surface area contributed by atoms with E-state index in [0.717, 1.165) is 36.0 Å². The topological polar surface area (TPSA) is 49.3 Å². The fourth-order valence-electron chi connectivity index (χ4n) is 3.43. The summed E-state index contributed by atoms with van der Waals surface area (Å²) < 4.78 is 0. The smallest absolute Gasteiger partial charge is 0.253 e. The zero-order valence-corrected chi connectivity index (χ0v) is 18.0. The lowest BCUT2D eigenvalue weighted by Gasteiger charge is -2.35. The largest absolute Gasteiger partial charge is 0.353 e. The van der Waals surface area contributed by atoms with Crippen LogP contribution in [0.25, 0.3) is 0 Å². The third kappa shape index (κ3) is 4.51. The van der Waals surface area contributed by atoms with Crippen LogP contribution < -0.4 is 4.90 Å². The van der Waals surface area contributed by atoms with Crippen molar-refractivity contribution in [3.63, 3.8) is 0 Å². The van der Waals surface area contributed by atoms with E-state index in [1.54, 1.807) is 0 Å². The van der Waals surface area contributed by atoms with E-state index in [1.165, 1.54) is 5.56 Å². The van der Waals surface area contributed by atoms with Gasteiger partial charge in [-0.1, -0.05) is 46.8 Å². The first-order valence-electron chi connectivity index (χ1n) is 10.2. The van der Waals surface area contributed by atoms with Gasteiger partial charge in [0, 0.05) is 49.4 Å². The number of anilines is 1. The van der Waals surface area contributed by atoms with Crippen molar-refractivity contribution < 1.29 is 4.79 Å². The molecule has 150 valence electrons. The molecule has 1 aliphatic rings. The molecule has 3 rings (SSSR count). The molecule has 0 bridgehead atoms. The van der Waals surface area contributed by atoms with E-state index in [1.807, 2.05) is 30.0 Å². The third-order valence-corrected chi connectivity index (χ3v) is 5.26. The van der Waals surface area contributed by atoms with Crippen molar-refractivity contribution in [1.82, 2.24) is 14.9 Å². The molecule has 0 atom stereocenters. The van der Waals surface area contributed by atoms with Crippen LogP contribution in [0.3, 0.4) is 0 Å². The molecule has 1 saturated heterocycles. The molecule has 0 radical (unpaired) electrons. The average Bonchev–Trinajstić information content (AvgIpc) is 2.66. The molecule has 28 heavy (non-hydrogen) atoms. The van der Waals surface area contributed by atoms with Gasteiger partial charge in [-0.3, -0.25) is 4.79 Å². The summed E-state index contributed by atoms with van der Waals surface area (Å²) in [5.74, 6) is 2.27. The van der Waals surface area contributed by atoms with Crippen molar-refractivity contribution in [2.75, 3.05) is 31.1 Å². The summed E-state index contributed by atoms with van der Waals surface area (Å²) in [5, 5.41) is 0. The number of nitrogens with zero attached hydrogens (tertiary/aromatic N) is 4. The van der Waals surface area contributed by atoms with Crippen LogP contribution in [-0.2, 0) is 5.41 Å². The predicted molar refractivity (Wildman–Crippen MR) is 114 cm³/mol. The summed E-state index contributed by atoms with van der Waals surface area (Å²) in [4.78, 5) is 26.3.